The van der Waals surface area contributed by atoms with E-state index in [9.17, 15) is 19.2 Å². The van der Waals surface area contributed by atoms with Gasteiger partial charge in [-0.2, -0.15) is 0 Å². The Kier molecular flexibility index (Phi) is 6.01. The average molecular weight is 378 g/mol. The number of ether oxygens (including phenoxy) is 2. The van der Waals surface area contributed by atoms with Crippen LogP contribution in [-0.2, 0) is 14.3 Å². The molecule has 3 N–H and O–H groups in total. The topological polar surface area (TPSA) is 151 Å². The number of carbonyl (C=O) groups excluding carboxylic acids is 4. The lowest BCUT2D eigenvalue weighted by Crippen LogP contribution is -2.23. The SMILES string of the molecule is CCOC(=O)c1c(C)oc(NC(=O)COC(=O)c2ccoc2C)c1C(N)=O. The van der Waals surface area contributed by atoms with Crippen LogP contribution >= 0.6 is 0 Å². The van der Waals surface area contributed by atoms with Crippen molar-refractivity contribution in [2.45, 2.75) is 20.8 Å². The lowest BCUT2D eigenvalue weighted by molar-refractivity contribution is -0.119. The van der Waals surface area contributed by atoms with Gasteiger partial charge in [0.1, 0.15) is 28.2 Å². The molecule has 0 aliphatic heterocycles. The van der Waals surface area contributed by atoms with E-state index < -0.39 is 30.4 Å². The fourth-order valence-corrected chi connectivity index (χ4v) is 2.29. The quantitative estimate of drug-likeness (QED) is 0.689. The van der Waals surface area contributed by atoms with Crippen LogP contribution in [0.3, 0.4) is 0 Å². The molecule has 10 nitrogen and oxygen atoms in total. The zero-order valence-electron chi connectivity index (χ0n) is 14.9. The van der Waals surface area contributed by atoms with Gasteiger partial charge in [-0.1, -0.05) is 0 Å². The lowest BCUT2D eigenvalue weighted by atomic mass is 10.1. The number of hydrogen-bond donors (Lipinski definition) is 2. The number of primary amides is 1. The van der Waals surface area contributed by atoms with Gasteiger partial charge in [-0.3, -0.25) is 14.9 Å². The molecule has 0 saturated carbocycles. The summed E-state index contributed by atoms with van der Waals surface area (Å²) in [6, 6.07) is 1.41. The summed E-state index contributed by atoms with van der Waals surface area (Å²) in [6.07, 6.45) is 1.31. The van der Waals surface area contributed by atoms with E-state index in [4.69, 9.17) is 24.0 Å². The van der Waals surface area contributed by atoms with Crippen LogP contribution in [0.2, 0.25) is 0 Å². The van der Waals surface area contributed by atoms with Crippen molar-refractivity contribution in [2.24, 2.45) is 5.73 Å². The molecule has 0 aliphatic rings. The monoisotopic (exact) mass is 378 g/mol. The number of carbonyl (C=O) groups is 4. The third-order valence-electron chi connectivity index (χ3n) is 3.48. The highest BCUT2D eigenvalue weighted by atomic mass is 16.5. The average Bonchev–Trinajstić information content (AvgIpc) is 3.16. The number of esters is 2. The maximum atomic E-state index is 12.0. The van der Waals surface area contributed by atoms with Gasteiger partial charge in [0.05, 0.1) is 12.9 Å². The molecule has 0 aliphatic carbocycles. The van der Waals surface area contributed by atoms with Crippen LogP contribution in [0.15, 0.2) is 21.2 Å². The van der Waals surface area contributed by atoms with E-state index in [1.165, 1.54) is 19.3 Å². The molecule has 10 heteroatoms. The molecule has 0 atom stereocenters. The van der Waals surface area contributed by atoms with Gasteiger partial charge in [-0.25, -0.2) is 9.59 Å². The van der Waals surface area contributed by atoms with Crippen molar-refractivity contribution >= 4 is 29.6 Å². The number of nitrogens with two attached hydrogens (primary N) is 1. The minimum Gasteiger partial charge on any atom is -0.469 e. The standard InChI is InChI=1S/C17H18N2O8/c1-4-24-17(23)12-9(3)27-15(13(12)14(18)21)19-11(20)7-26-16(22)10-5-6-25-8(10)2/h5-6H,4,7H2,1-3H3,(H2,18,21)(H,19,20). The minimum absolute atomic E-state index is 0.0450. The molecule has 0 saturated heterocycles. The van der Waals surface area contributed by atoms with E-state index in [2.05, 4.69) is 5.32 Å². The summed E-state index contributed by atoms with van der Waals surface area (Å²) in [5.74, 6) is -3.29. The molecule has 144 valence electrons. The predicted octanol–water partition coefficient (Wildman–Crippen LogP) is 1.56. The normalized spacial score (nSPS) is 10.3. The van der Waals surface area contributed by atoms with E-state index in [1.807, 2.05) is 0 Å². The van der Waals surface area contributed by atoms with Gasteiger partial charge < -0.3 is 24.0 Å². The molecule has 2 rings (SSSR count). The highest BCUT2D eigenvalue weighted by Crippen LogP contribution is 2.27. The van der Waals surface area contributed by atoms with Crippen molar-refractivity contribution in [2.75, 3.05) is 18.5 Å². The first-order chi connectivity index (χ1) is 12.8. The van der Waals surface area contributed by atoms with Gasteiger partial charge in [0, 0.05) is 0 Å². The van der Waals surface area contributed by atoms with Gasteiger partial charge in [0.25, 0.3) is 11.8 Å². The zero-order valence-corrected chi connectivity index (χ0v) is 14.9. The van der Waals surface area contributed by atoms with Gasteiger partial charge in [-0.15, -0.1) is 0 Å². The van der Waals surface area contributed by atoms with Crippen molar-refractivity contribution < 1.29 is 37.5 Å². The highest BCUT2D eigenvalue weighted by molar-refractivity contribution is 6.10. The second kappa shape index (κ2) is 8.21. The Morgan fingerprint density at radius 2 is 1.78 bits per heavy atom. The first-order valence-corrected chi connectivity index (χ1v) is 7.87. The summed E-state index contributed by atoms with van der Waals surface area (Å²) in [7, 11) is 0. The van der Waals surface area contributed by atoms with Gasteiger partial charge in [0.15, 0.2) is 6.61 Å². The van der Waals surface area contributed by atoms with Crippen molar-refractivity contribution in [3.63, 3.8) is 0 Å². The minimum atomic E-state index is -0.990. The first kappa shape index (κ1) is 19.8. The maximum absolute atomic E-state index is 12.0. The van der Waals surface area contributed by atoms with Crippen molar-refractivity contribution in [1.29, 1.82) is 0 Å². The Morgan fingerprint density at radius 3 is 2.33 bits per heavy atom. The van der Waals surface area contributed by atoms with Crippen LogP contribution in [0.5, 0.6) is 0 Å². The largest absolute Gasteiger partial charge is 0.469 e. The summed E-state index contributed by atoms with van der Waals surface area (Å²) in [5.41, 5.74) is 4.97. The van der Waals surface area contributed by atoms with Gasteiger partial charge in [-0.05, 0) is 26.8 Å². The zero-order chi connectivity index (χ0) is 20.1. The lowest BCUT2D eigenvalue weighted by Gasteiger charge is -2.06. The van der Waals surface area contributed by atoms with Crippen LogP contribution in [0, 0.1) is 13.8 Å². The van der Waals surface area contributed by atoms with Crippen LogP contribution in [0.1, 0.15) is 49.5 Å². The number of nitrogens with one attached hydrogen (secondary N) is 1. The molecule has 2 aromatic rings. The molecule has 0 unspecified atom stereocenters. The fourth-order valence-electron chi connectivity index (χ4n) is 2.29. The van der Waals surface area contributed by atoms with E-state index in [0.29, 0.717) is 5.76 Å². The van der Waals surface area contributed by atoms with Crippen LogP contribution in [0.4, 0.5) is 5.88 Å². The maximum Gasteiger partial charge on any atom is 0.342 e. The Balaban J connectivity index is 2.12. The number of anilines is 1. The summed E-state index contributed by atoms with van der Waals surface area (Å²) >= 11 is 0. The van der Waals surface area contributed by atoms with E-state index >= 15 is 0 Å². The Bertz CT molecular complexity index is 893. The molecular weight excluding hydrogens is 360 g/mol. The Labute approximate surface area is 153 Å². The molecule has 0 aromatic carbocycles. The number of amides is 2. The van der Waals surface area contributed by atoms with E-state index in [0.717, 1.165) is 0 Å². The molecule has 27 heavy (non-hydrogen) atoms. The Morgan fingerprint density at radius 1 is 1.07 bits per heavy atom. The second-order valence-corrected chi connectivity index (χ2v) is 5.34. The molecule has 2 heterocycles. The fraction of sp³-hybridized carbons (Fsp3) is 0.294. The Hall–Kier alpha value is -3.56. The third kappa shape index (κ3) is 4.35. The molecule has 2 amide bonds. The van der Waals surface area contributed by atoms with Gasteiger partial charge in [0.2, 0.25) is 5.88 Å². The number of rotatable bonds is 7. The van der Waals surface area contributed by atoms with Crippen molar-refractivity contribution in [3.05, 3.63) is 40.5 Å². The van der Waals surface area contributed by atoms with Crippen LogP contribution < -0.4 is 11.1 Å². The predicted molar refractivity (Wildman–Crippen MR) is 90.3 cm³/mol. The smallest absolute Gasteiger partial charge is 0.342 e. The van der Waals surface area contributed by atoms with Gasteiger partial charge >= 0.3 is 11.9 Å². The number of hydrogen-bond acceptors (Lipinski definition) is 8. The summed E-state index contributed by atoms with van der Waals surface area (Å²) < 4.78 is 19.9. The molecule has 0 spiro atoms. The third-order valence-corrected chi connectivity index (χ3v) is 3.48. The molecule has 0 radical (unpaired) electrons. The number of aryl methyl sites for hydroxylation is 2. The van der Waals surface area contributed by atoms with Crippen LogP contribution in [0.25, 0.3) is 0 Å². The highest BCUT2D eigenvalue weighted by Gasteiger charge is 2.29. The summed E-state index contributed by atoms with van der Waals surface area (Å²) in [5, 5.41) is 2.25. The molecule has 0 fully saturated rings. The second-order valence-electron chi connectivity index (χ2n) is 5.34. The van der Waals surface area contributed by atoms with E-state index in [-0.39, 0.29) is 34.9 Å². The molecule has 2 aromatic heterocycles. The van der Waals surface area contributed by atoms with E-state index in [1.54, 1.807) is 13.8 Å². The van der Waals surface area contributed by atoms with Crippen molar-refractivity contribution in [1.82, 2.24) is 0 Å². The number of furan rings is 2. The van der Waals surface area contributed by atoms with Crippen LogP contribution in [-0.4, -0.2) is 37.0 Å². The summed E-state index contributed by atoms with van der Waals surface area (Å²) in [4.78, 5) is 47.6. The molecular formula is C17H18N2O8. The molecule has 0 bridgehead atoms. The van der Waals surface area contributed by atoms with Crippen molar-refractivity contribution in [3.8, 4) is 0 Å². The first-order valence-electron chi connectivity index (χ1n) is 7.87. The summed E-state index contributed by atoms with van der Waals surface area (Å²) in [6.45, 7) is 3.99.